The Hall–Kier alpha value is -4.74. The van der Waals surface area contributed by atoms with Crippen molar-refractivity contribution < 1.29 is 42.9 Å². The second kappa shape index (κ2) is 15.3. The first kappa shape index (κ1) is 34.7. The number of amides is 2. The van der Waals surface area contributed by atoms with Crippen molar-refractivity contribution in [1.29, 1.82) is 0 Å². The second-order valence-electron chi connectivity index (χ2n) is 11.9. The zero-order valence-electron chi connectivity index (χ0n) is 26.6. The number of ether oxygens (including phenoxy) is 4. The zero-order valence-corrected chi connectivity index (χ0v) is 26.6. The third-order valence-corrected chi connectivity index (χ3v) is 6.76. The summed E-state index contributed by atoms with van der Waals surface area (Å²) in [6.45, 7) is 12.1. The summed E-state index contributed by atoms with van der Waals surface area (Å²) < 4.78 is 21.3. The predicted octanol–water partition coefficient (Wildman–Crippen LogP) is 4.60. The van der Waals surface area contributed by atoms with Crippen LogP contribution in [0.2, 0.25) is 0 Å². The molecule has 2 aromatic rings. The van der Waals surface area contributed by atoms with Crippen LogP contribution in [0, 0.1) is 11.8 Å². The molecule has 1 aromatic carbocycles. The molecule has 1 aliphatic carbocycles. The fourth-order valence-corrected chi connectivity index (χ4v) is 4.26. The molecule has 1 aromatic heterocycles. The molecule has 0 radical (unpaired) electrons. The largest absolute Gasteiger partial charge is 0.496 e. The van der Waals surface area contributed by atoms with Gasteiger partial charge < -0.3 is 29.6 Å². The average Bonchev–Trinajstić information content (AvgIpc) is 3.83. The summed E-state index contributed by atoms with van der Waals surface area (Å²) in [6, 6.07) is 5.12. The quantitative estimate of drug-likeness (QED) is 0.132. The minimum Gasteiger partial charge on any atom is -0.496 e. The first-order valence-electron chi connectivity index (χ1n) is 14.7. The molecule has 1 saturated carbocycles. The lowest BCUT2D eigenvalue weighted by Gasteiger charge is -2.24. The Balaban J connectivity index is 1.80. The second-order valence-corrected chi connectivity index (χ2v) is 11.9. The summed E-state index contributed by atoms with van der Waals surface area (Å²) in [6.07, 6.45) is 3.48. The molecule has 3 rings (SSSR count). The number of methoxy groups -OCH3 is 1. The SMILES string of the molecule is C=Cc1cc(C=O)c(-c2ccc(C(=O)NCC3CC3)nc2C(=O)OCCOC(=O)[C@@H](NC(=O)OC(C)(C)C)C(C)C)cc1OC. The third-order valence-electron chi connectivity index (χ3n) is 6.76. The van der Waals surface area contributed by atoms with Gasteiger partial charge in [0.2, 0.25) is 0 Å². The maximum absolute atomic E-state index is 13.4. The Morgan fingerprint density at radius 1 is 1.04 bits per heavy atom. The number of hydrogen-bond acceptors (Lipinski definition) is 10. The molecule has 2 amide bonds. The van der Waals surface area contributed by atoms with E-state index in [0.29, 0.717) is 35.6 Å². The number of pyridine rings is 1. The normalized spacial score (nSPS) is 13.3. The highest BCUT2D eigenvalue weighted by atomic mass is 16.6. The van der Waals surface area contributed by atoms with Gasteiger partial charge in [0.15, 0.2) is 12.0 Å². The molecular formula is C33H41N3O9. The molecule has 12 heteroatoms. The zero-order chi connectivity index (χ0) is 33.3. The van der Waals surface area contributed by atoms with Crippen molar-refractivity contribution in [3.8, 4) is 16.9 Å². The summed E-state index contributed by atoms with van der Waals surface area (Å²) in [5.41, 5.74) is 0.385. The van der Waals surface area contributed by atoms with Crippen LogP contribution in [0.4, 0.5) is 4.79 Å². The van der Waals surface area contributed by atoms with Crippen LogP contribution in [0.3, 0.4) is 0 Å². The Labute approximate surface area is 262 Å². The number of hydrogen-bond donors (Lipinski definition) is 2. The van der Waals surface area contributed by atoms with Crippen molar-refractivity contribution in [1.82, 2.24) is 15.6 Å². The number of esters is 2. The number of nitrogens with one attached hydrogen (secondary N) is 2. The minimum absolute atomic E-state index is 0.00639. The molecular weight excluding hydrogens is 582 g/mol. The summed E-state index contributed by atoms with van der Waals surface area (Å²) >= 11 is 0. The molecule has 1 fully saturated rings. The molecule has 1 aliphatic rings. The predicted molar refractivity (Wildman–Crippen MR) is 166 cm³/mol. The monoisotopic (exact) mass is 623 g/mol. The maximum atomic E-state index is 13.4. The number of nitrogens with zero attached hydrogens (tertiary/aromatic N) is 1. The number of benzene rings is 1. The topological polar surface area (TPSA) is 159 Å². The van der Waals surface area contributed by atoms with E-state index in [2.05, 4.69) is 22.2 Å². The van der Waals surface area contributed by atoms with Gasteiger partial charge in [-0.25, -0.2) is 19.4 Å². The van der Waals surface area contributed by atoms with Crippen molar-refractivity contribution in [2.24, 2.45) is 11.8 Å². The van der Waals surface area contributed by atoms with Gasteiger partial charge >= 0.3 is 18.0 Å². The van der Waals surface area contributed by atoms with Crippen molar-refractivity contribution in [3.63, 3.8) is 0 Å². The van der Waals surface area contributed by atoms with Gasteiger partial charge in [-0.2, -0.15) is 0 Å². The van der Waals surface area contributed by atoms with Gasteiger partial charge in [0.25, 0.3) is 5.91 Å². The fraction of sp³-hybridized carbons (Fsp3) is 0.455. The molecule has 242 valence electrons. The van der Waals surface area contributed by atoms with E-state index in [1.807, 2.05) is 0 Å². The van der Waals surface area contributed by atoms with E-state index in [-0.39, 0.29) is 41.6 Å². The number of rotatable bonds is 14. The van der Waals surface area contributed by atoms with E-state index in [1.165, 1.54) is 25.3 Å². The highest BCUT2D eigenvalue weighted by Gasteiger charge is 2.29. The van der Waals surface area contributed by atoms with Gasteiger partial charge in [-0.05, 0) is 75.3 Å². The highest BCUT2D eigenvalue weighted by molar-refractivity contribution is 6.01. The summed E-state index contributed by atoms with van der Waals surface area (Å²) in [4.78, 5) is 67.4. The third kappa shape index (κ3) is 9.88. The van der Waals surface area contributed by atoms with Gasteiger partial charge in [0, 0.05) is 23.2 Å². The Bertz CT molecular complexity index is 1440. The molecule has 0 unspecified atom stereocenters. The number of carbonyl (C=O) groups is 5. The smallest absolute Gasteiger partial charge is 0.408 e. The van der Waals surface area contributed by atoms with Crippen LogP contribution in [0.25, 0.3) is 17.2 Å². The van der Waals surface area contributed by atoms with Crippen molar-refractivity contribution in [3.05, 3.63) is 53.4 Å². The summed E-state index contributed by atoms with van der Waals surface area (Å²) in [5, 5.41) is 5.32. The van der Waals surface area contributed by atoms with Crippen LogP contribution in [-0.4, -0.2) is 73.7 Å². The molecule has 1 atom stereocenters. The average molecular weight is 624 g/mol. The summed E-state index contributed by atoms with van der Waals surface area (Å²) in [5.74, 6) is -1.57. The van der Waals surface area contributed by atoms with E-state index >= 15 is 0 Å². The molecule has 0 saturated heterocycles. The van der Waals surface area contributed by atoms with Gasteiger partial charge in [0.1, 0.15) is 36.3 Å². The van der Waals surface area contributed by atoms with Crippen LogP contribution >= 0.6 is 0 Å². The first-order chi connectivity index (χ1) is 21.3. The van der Waals surface area contributed by atoms with E-state index in [9.17, 15) is 24.0 Å². The molecule has 0 bridgehead atoms. The maximum Gasteiger partial charge on any atom is 0.408 e. The van der Waals surface area contributed by atoms with Crippen LogP contribution in [-0.2, 0) is 19.0 Å². The standard InChI is InChI=1S/C33H41N3O9/c1-8-21-15-22(18-37)24(16-26(21)42-7)23-11-12-25(29(38)34-17-20-9-10-20)35-28(23)31(40)44-14-13-43-30(39)27(19(2)3)36-32(41)45-33(4,5)6/h8,11-12,15-16,18-20,27H,1,9-10,13-14,17H2,2-7H3,(H,34,38)(H,36,41)/t27-/m0/s1. The lowest BCUT2D eigenvalue weighted by atomic mass is 9.95. The Morgan fingerprint density at radius 3 is 2.31 bits per heavy atom. The lowest BCUT2D eigenvalue weighted by Crippen LogP contribution is -2.47. The van der Waals surface area contributed by atoms with Gasteiger partial charge in [-0.1, -0.05) is 26.5 Å². The highest BCUT2D eigenvalue weighted by Crippen LogP contribution is 2.33. The van der Waals surface area contributed by atoms with E-state index in [0.717, 1.165) is 12.8 Å². The van der Waals surface area contributed by atoms with Crippen LogP contribution in [0.15, 0.2) is 30.8 Å². The number of aldehydes is 1. The fourth-order valence-electron chi connectivity index (χ4n) is 4.26. The van der Waals surface area contributed by atoms with E-state index in [4.69, 9.17) is 18.9 Å². The van der Waals surface area contributed by atoms with Crippen molar-refractivity contribution in [2.45, 2.75) is 59.1 Å². The van der Waals surface area contributed by atoms with Crippen LogP contribution in [0.5, 0.6) is 5.75 Å². The van der Waals surface area contributed by atoms with E-state index < -0.39 is 35.6 Å². The Morgan fingerprint density at radius 2 is 1.73 bits per heavy atom. The molecule has 2 N–H and O–H groups in total. The molecule has 1 heterocycles. The molecule has 0 spiro atoms. The van der Waals surface area contributed by atoms with Crippen molar-refractivity contribution >= 4 is 36.3 Å². The number of alkyl carbamates (subject to hydrolysis) is 1. The van der Waals surface area contributed by atoms with Crippen molar-refractivity contribution in [2.75, 3.05) is 26.9 Å². The Kier molecular flexibility index (Phi) is 11.8. The van der Waals surface area contributed by atoms with Gasteiger partial charge in [-0.3, -0.25) is 9.59 Å². The number of carbonyl (C=O) groups excluding carboxylic acids is 5. The van der Waals surface area contributed by atoms with Gasteiger partial charge in [-0.15, -0.1) is 0 Å². The minimum atomic E-state index is -0.995. The first-order valence-corrected chi connectivity index (χ1v) is 14.7. The van der Waals surface area contributed by atoms with Gasteiger partial charge in [0.05, 0.1) is 7.11 Å². The number of aromatic nitrogens is 1. The summed E-state index contributed by atoms with van der Waals surface area (Å²) in [7, 11) is 1.46. The molecule has 45 heavy (non-hydrogen) atoms. The molecule has 0 aliphatic heterocycles. The van der Waals surface area contributed by atoms with Crippen LogP contribution < -0.4 is 15.4 Å². The molecule has 12 nitrogen and oxygen atoms in total. The lowest BCUT2D eigenvalue weighted by molar-refractivity contribution is -0.148. The van der Waals surface area contributed by atoms with Crippen LogP contribution in [0.1, 0.15) is 84.4 Å². The van der Waals surface area contributed by atoms with E-state index in [1.54, 1.807) is 46.8 Å².